The summed E-state index contributed by atoms with van der Waals surface area (Å²) in [6, 6.07) is 5.92. The van der Waals surface area contributed by atoms with Crippen molar-refractivity contribution in [1.82, 2.24) is 5.32 Å². The first-order chi connectivity index (χ1) is 9.44. The summed E-state index contributed by atoms with van der Waals surface area (Å²) in [7, 11) is 1.84. The second kappa shape index (κ2) is 5.91. The second-order valence-corrected chi connectivity index (χ2v) is 4.99. The molecule has 1 aliphatic carbocycles. The van der Waals surface area contributed by atoms with Crippen LogP contribution >= 0.6 is 0 Å². The number of hydrogen-bond donors (Lipinski definition) is 1. The lowest BCUT2D eigenvalue weighted by molar-refractivity contribution is -0.275. The maximum atomic E-state index is 12.4. The first-order valence-corrected chi connectivity index (χ1v) is 6.63. The molecule has 0 unspecified atom stereocenters. The summed E-state index contributed by atoms with van der Waals surface area (Å²) in [6.07, 6.45) is -1.20. The van der Waals surface area contributed by atoms with Crippen LogP contribution in [0.3, 0.4) is 0 Å². The zero-order chi connectivity index (χ0) is 14.6. The first-order valence-electron chi connectivity index (χ1n) is 6.63. The molecule has 0 aromatic heterocycles. The Morgan fingerprint density at radius 2 is 1.85 bits per heavy atom. The lowest BCUT2D eigenvalue weighted by Crippen LogP contribution is -2.45. The number of alkyl halides is 3. The van der Waals surface area contributed by atoms with Crippen molar-refractivity contribution in [2.45, 2.75) is 37.6 Å². The van der Waals surface area contributed by atoms with Crippen LogP contribution in [0.2, 0.25) is 0 Å². The van der Waals surface area contributed by atoms with Gasteiger partial charge in [-0.15, -0.1) is 13.2 Å². The number of para-hydroxylation sites is 2. The van der Waals surface area contributed by atoms with Crippen molar-refractivity contribution < 1.29 is 22.6 Å². The highest BCUT2D eigenvalue weighted by Gasteiger charge is 2.40. The third kappa shape index (κ3) is 3.79. The van der Waals surface area contributed by atoms with Crippen molar-refractivity contribution in [2.24, 2.45) is 0 Å². The number of halogens is 3. The van der Waals surface area contributed by atoms with E-state index in [1.165, 1.54) is 18.2 Å². The van der Waals surface area contributed by atoms with Crippen LogP contribution in [0.5, 0.6) is 11.5 Å². The van der Waals surface area contributed by atoms with Gasteiger partial charge in [0, 0.05) is 0 Å². The standard InChI is InChI=1S/C14H18F3NO2/c1-18-10-9-13(7-4-8-13)19-11-5-2-3-6-12(11)20-14(15,16)17/h2-3,5-6,18H,4,7-10H2,1H3. The maximum Gasteiger partial charge on any atom is 0.573 e. The van der Waals surface area contributed by atoms with E-state index in [4.69, 9.17) is 4.74 Å². The normalized spacial score (nSPS) is 17.4. The van der Waals surface area contributed by atoms with Crippen LogP contribution < -0.4 is 14.8 Å². The van der Waals surface area contributed by atoms with Gasteiger partial charge in [0.15, 0.2) is 11.5 Å². The monoisotopic (exact) mass is 289 g/mol. The van der Waals surface area contributed by atoms with Crippen LogP contribution in [0.1, 0.15) is 25.7 Å². The van der Waals surface area contributed by atoms with Gasteiger partial charge in [0.05, 0.1) is 0 Å². The van der Waals surface area contributed by atoms with Crippen molar-refractivity contribution in [3.63, 3.8) is 0 Å². The van der Waals surface area contributed by atoms with Gasteiger partial charge in [0.2, 0.25) is 0 Å². The quantitative estimate of drug-likeness (QED) is 0.869. The molecule has 1 N–H and O–H groups in total. The lowest BCUT2D eigenvalue weighted by atomic mass is 9.77. The van der Waals surface area contributed by atoms with Crippen LogP contribution in [-0.4, -0.2) is 25.6 Å². The molecule has 0 amide bonds. The van der Waals surface area contributed by atoms with E-state index in [-0.39, 0.29) is 17.1 Å². The Labute approximate surface area is 116 Å². The molecule has 3 nitrogen and oxygen atoms in total. The van der Waals surface area contributed by atoms with E-state index in [2.05, 4.69) is 10.1 Å². The molecule has 6 heteroatoms. The molecule has 112 valence electrons. The third-order valence-electron chi connectivity index (χ3n) is 3.50. The summed E-state index contributed by atoms with van der Waals surface area (Å²) in [5.41, 5.74) is -0.367. The van der Waals surface area contributed by atoms with E-state index in [0.717, 1.165) is 32.2 Å². The Morgan fingerprint density at radius 3 is 2.35 bits per heavy atom. The number of nitrogens with one attached hydrogen (secondary N) is 1. The van der Waals surface area contributed by atoms with E-state index in [0.29, 0.717) is 0 Å². The Balaban J connectivity index is 2.12. The SMILES string of the molecule is CNCCC1(Oc2ccccc2OC(F)(F)F)CCC1. The summed E-state index contributed by atoms with van der Waals surface area (Å²) in [6.45, 7) is 0.766. The molecule has 0 radical (unpaired) electrons. The molecule has 0 bridgehead atoms. The topological polar surface area (TPSA) is 30.5 Å². The molecule has 0 atom stereocenters. The molecule has 0 aliphatic heterocycles. The summed E-state index contributed by atoms with van der Waals surface area (Å²) in [4.78, 5) is 0. The average Bonchev–Trinajstić information content (AvgIpc) is 2.32. The van der Waals surface area contributed by atoms with Gasteiger partial charge in [-0.25, -0.2) is 0 Å². The Morgan fingerprint density at radius 1 is 1.20 bits per heavy atom. The Kier molecular flexibility index (Phi) is 4.42. The molecule has 20 heavy (non-hydrogen) atoms. The lowest BCUT2D eigenvalue weighted by Gasteiger charge is -2.42. The molecule has 1 aromatic rings. The highest BCUT2D eigenvalue weighted by molar-refractivity contribution is 5.40. The summed E-state index contributed by atoms with van der Waals surface area (Å²) in [5.74, 6) is -0.128. The Bertz CT molecular complexity index is 444. The molecule has 0 saturated heterocycles. The summed E-state index contributed by atoms with van der Waals surface area (Å²) < 4.78 is 47.0. The number of hydrogen-bond acceptors (Lipinski definition) is 3. The van der Waals surface area contributed by atoms with Crippen LogP contribution in [0.25, 0.3) is 0 Å². The molecule has 1 fully saturated rings. The maximum absolute atomic E-state index is 12.4. The highest BCUT2D eigenvalue weighted by atomic mass is 19.4. The van der Waals surface area contributed by atoms with Gasteiger partial charge in [0.1, 0.15) is 5.60 Å². The van der Waals surface area contributed by atoms with Gasteiger partial charge in [-0.3, -0.25) is 0 Å². The van der Waals surface area contributed by atoms with Crippen LogP contribution in [0.15, 0.2) is 24.3 Å². The van der Waals surface area contributed by atoms with E-state index >= 15 is 0 Å². The van der Waals surface area contributed by atoms with Gasteiger partial charge >= 0.3 is 6.36 Å². The van der Waals surface area contributed by atoms with Crippen LogP contribution in [-0.2, 0) is 0 Å². The fourth-order valence-electron chi connectivity index (χ4n) is 2.30. The van der Waals surface area contributed by atoms with E-state index in [1.54, 1.807) is 6.07 Å². The van der Waals surface area contributed by atoms with Crippen molar-refractivity contribution in [2.75, 3.05) is 13.6 Å². The molecule has 1 aliphatic rings. The van der Waals surface area contributed by atoms with E-state index < -0.39 is 6.36 Å². The minimum absolute atomic E-state index is 0.153. The molecule has 2 rings (SSSR count). The van der Waals surface area contributed by atoms with Gasteiger partial charge in [0.25, 0.3) is 0 Å². The fourth-order valence-corrected chi connectivity index (χ4v) is 2.30. The molecule has 1 aromatic carbocycles. The molecule has 1 saturated carbocycles. The van der Waals surface area contributed by atoms with Gasteiger partial charge in [-0.05, 0) is 51.4 Å². The van der Waals surface area contributed by atoms with Crippen molar-refractivity contribution in [3.05, 3.63) is 24.3 Å². The van der Waals surface area contributed by atoms with Crippen molar-refractivity contribution in [3.8, 4) is 11.5 Å². The fraction of sp³-hybridized carbons (Fsp3) is 0.571. The number of benzene rings is 1. The van der Waals surface area contributed by atoms with Crippen molar-refractivity contribution in [1.29, 1.82) is 0 Å². The van der Waals surface area contributed by atoms with E-state index in [1.807, 2.05) is 7.05 Å². The van der Waals surface area contributed by atoms with Crippen molar-refractivity contribution >= 4 is 0 Å². The van der Waals surface area contributed by atoms with Crippen LogP contribution in [0.4, 0.5) is 13.2 Å². The number of ether oxygens (including phenoxy) is 2. The highest BCUT2D eigenvalue weighted by Crippen LogP contribution is 2.42. The van der Waals surface area contributed by atoms with Gasteiger partial charge < -0.3 is 14.8 Å². The number of rotatable bonds is 6. The first kappa shape index (κ1) is 15.0. The zero-order valence-corrected chi connectivity index (χ0v) is 11.3. The van der Waals surface area contributed by atoms with Gasteiger partial charge in [-0.2, -0.15) is 0 Å². The zero-order valence-electron chi connectivity index (χ0n) is 11.3. The third-order valence-corrected chi connectivity index (χ3v) is 3.50. The Hall–Kier alpha value is -1.43. The average molecular weight is 289 g/mol. The minimum atomic E-state index is -4.71. The largest absolute Gasteiger partial charge is 0.573 e. The molecule has 0 heterocycles. The predicted octanol–water partition coefficient (Wildman–Crippen LogP) is 3.50. The molecular weight excluding hydrogens is 271 g/mol. The van der Waals surface area contributed by atoms with E-state index in [9.17, 15) is 13.2 Å². The minimum Gasteiger partial charge on any atom is -0.483 e. The predicted molar refractivity (Wildman–Crippen MR) is 68.9 cm³/mol. The summed E-state index contributed by atoms with van der Waals surface area (Å²) >= 11 is 0. The molecule has 0 spiro atoms. The smallest absolute Gasteiger partial charge is 0.483 e. The van der Waals surface area contributed by atoms with Crippen LogP contribution in [0, 0.1) is 0 Å². The summed E-state index contributed by atoms with van der Waals surface area (Å²) in [5, 5.41) is 3.04. The van der Waals surface area contributed by atoms with Gasteiger partial charge in [-0.1, -0.05) is 12.1 Å². The molecular formula is C14H18F3NO2. The second-order valence-electron chi connectivity index (χ2n) is 4.99.